The summed E-state index contributed by atoms with van der Waals surface area (Å²) >= 11 is 1.25. The second kappa shape index (κ2) is 9.55. The Kier molecular flexibility index (Phi) is 5.94. The van der Waals surface area contributed by atoms with Crippen LogP contribution in [0.2, 0.25) is 0 Å². The molecule has 6 rings (SSSR count). The number of hydrogen-bond acceptors (Lipinski definition) is 5. The van der Waals surface area contributed by atoms with Crippen molar-refractivity contribution < 1.29 is 9.53 Å². The minimum absolute atomic E-state index is 0.0106. The average molecular weight is 506 g/mol. The summed E-state index contributed by atoms with van der Waals surface area (Å²) in [5.74, 6) is 0.298. The average Bonchev–Trinajstić information content (AvgIpc) is 3.45. The quantitative estimate of drug-likeness (QED) is 0.341. The van der Waals surface area contributed by atoms with E-state index in [4.69, 9.17) is 10.1 Å². The predicted molar refractivity (Wildman–Crippen MR) is 149 cm³/mol. The van der Waals surface area contributed by atoms with Crippen molar-refractivity contribution in [2.45, 2.75) is 13.5 Å². The summed E-state index contributed by atoms with van der Waals surface area (Å²) in [7, 11) is 0. The van der Waals surface area contributed by atoms with Gasteiger partial charge in [-0.3, -0.25) is 10.2 Å². The Morgan fingerprint density at radius 3 is 2.46 bits per heavy atom. The molecular formula is C29H23N5O2S. The number of hydrazone groups is 1. The van der Waals surface area contributed by atoms with Gasteiger partial charge in [-0.1, -0.05) is 66.7 Å². The molecular weight excluding hydrogens is 482 g/mol. The van der Waals surface area contributed by atoms with E-state index in [0.29, 0.717) is 16.8 Å². The Balaban J connectivity index is 1.32. The van der Waals surface area contributed by atoms with Crippen molar-refractivity contribution in [2.24, 2.45) is 10.1 Å². The van der Waals surface area contributed by atoms with Crippen LogP contribution in [0.4, 0.5) is 0 Å². The fourth-order valence-corrected chi connectivity index (χ4v) is 5.30. The smallest absolute Gasteiger partial charge is 0.283 e. The molecule has 2 aliphatic heterocycles. The SMILES string of the molecule is Cc1c(/C=C2/C(=N)N3N=C(COc4ccccc4)SC3=NC2=O)c2ccccc2n1Cc1ccccc1. The van der Waals surface area contributed by atoms with Gasteiger partial charge in [-0.2, -0.15) is 15.1 Å². The third kappa shape index (κ3) is 4.36. The molecule has 0 saturated heterocycles. The molecule has 7 nitrogen and oxygen atoms in total. The molecule has 4 aromatic rings. The Labute approximate surface area is 218 Å². The number of carbonyl (C=O) groups excluding carboxylic acids is 1. The summed E-state index contributed by atoms with van der Waals surface area (Å²) in [6.45, 7) is 2.99. The maximum atomic E-state index is 13.1. The van der Waals surface area contributed by atoms with Crippen LogP contribution in [0.25, 0.3) is 17.0 Å². The van der Waals surface area contributed by atoms with Crippen LogP contribution in [0.3, 0.4) is 0 Å². The van der Waals surface area contributed by atoms with E-state index >= 15 is 0 Å². The topological polar surface area (TPSA) is 83.0 Å². The Bertz CT molecular complexity index is 1620. The first-order chi connectivity index (χ1) is 18.1. The van der Waals surface area contributed by atoms with E-state index in [2.05, 4.69) is 32.9 Å². The molecule has 0 unspecified atom stereocenters. The molecule has 8 heteroatoms. The number of ether oxygens (including phenoxy) is 1. The van der Waals surface area contributed by atoms with Crippen molar-refractivity contribution in [3.63, 3.8) is 0 Å². The van der Waals surface area contributed by atoms with E-state index in [1.165, 1.54) is 22.3 Å². The van der Waals surface area contributed by atoms with Gasteiger partial charge in [0.25, 0.3) is 5.91 Å². The molecule has 2 aliphatic rings. The molecule has 0 radical (unpaired) electrons. The number of carbonyl (C=O) groups is 1. The van der Waals surface area contributed by atoms with Crippen molar-refractivity contribution in [3.05, 3.63) is 107 Å². The number of rotatable bonds is 6. The second-order valence-corrected chi connectivity index (χ2v) is 9.74. The zero-order valence-corrected chi connectivity index (χ0v) is 20.9. The van der Waals surface area contributed by atoms with E-state index in [1.54, 1.807) is 6.08 Å². The molecule has 0 fully saturated rings. The van der Waals surface area contributed by atoms with Crippen molar-refractivity contribution in [1.29, 1.82) is 5.41 Å². The van der Waals surface area contributed by atoms with Crippen LogP contribution in [0, 0.1) is 12.3 Å². The molecule has 0 bridgehead atoms. The molecule has 0 atom stereocenters. The molecule has 0 saturated carbocycles. The van der Waals surface area contributed by atoms with Gasteiger partial charge in [0, 0.05) is 28.7 Å². The van der Waals surface area contributed by atoms with Crippen LogP contribution in [0.15, 0.2) is 101 Å². The normalized spacial score (nSPS) is 16.2. The number of amidine groups is 2. The molecule has 37 heavy (non-hydrogen) atoms. The Morgan fingerprint density at radius 2 is 1.68 bits per heavy atom. The van der Waals surface area contributed by atoms with Gasteiger partial charge in [-0.05, 0) is 48.5 Å². The van der Waals surface area contributed by atoms with E-state index in [9.17, 15) is 4.79 Å². The summed E-state index contributed by atoms with van der Waals surface area (Å²) in [6, 6.07) is 27.9. The molecule has 3 heterocycles. The maximum Gasteiger partial charge on any atom is 0.283 e. The van der Waals surface area contributed by atoms with Crippen molar-refractivity contribution >= 4 is 50.7 Å². The lowest BCUT2D eigenvalue weighted by atomic mass is 10.1. The number of hydrogen-bond donors (Lipinski definition) is 1. The number of nitrogens with zero attached hydrogens (tertiary/aromatic N) is 4. The highest BCUT2D eigenvalue weighted by Crippen LogP contribution is 2.32. The summed E-state index contributed by atoms with van der Waals surface area (Å²) in [6.07, 6.45) is 1.78. The highest BCUT2D eigenvalue weighted by molar-refractivity contribution is 8.27. The first-order valence-electron chi connectivity index (χ1n) is 11.9. The fraction of sp³-hybridized carbons (Fsp3) is 0.103. The second-order valence-electron chi connectivity index (χ2n) is 8.70. The molecule has 0 aliphatic carbocycles. The summed E-state index contributed by atoms with van der Waals surface area (Å²) in [4.78, 5) is 17.3. The van der Waals surface area contributed by atoms with Crippen molar-refractivity contribution in [2.75, 3.05) is 6.61 Å². The van der Waals surface area contributed by atoms with Crippen molar-refractivity contribution in [3.8, 4) is 5.75 Å². The van der Waals surface area contributed by atoms with Gasteiger partial charge in [0.05, 0.1) is 5.57 Å². The van der Waals surface area contributed by atoms with Gasteiger partial charge in [0.15, 0.2) is 5.84 Å². The molecule has 1 N–H and O–H groups in total. The van der Waals surface area contributed by atoms with E-state index < -0.39 is 5.91 Å². The van der Waals surface area contributed by atoms with Gasteiger partial charge >= 0.3 is 0 Å². The Morgan fingerprint density at radius 1 is 0.973 bits per heavy atom. The van der Waals surface area contributed by atoms with E-state index in [-0.39, 0.29) is 18.0 Å². The first kappa shape index (κ1) is 23.0. The molecule has 1 amide bonds. The minimum Gasteiger partial charge on any atom is -0.487 e. The number of fused-ring (bicyclic) bond motifs is 2. The first-order valence-corrected chi connectivity index (χ1v) is 12.7. The van der Waals surface area contributed by atoms with Gasteiger partial charge in [0.2, 0.25) is 5.17 Å². The number of aromatic nitrogens is 1. The van der Waals surface area contributed by atoms with Gasteiger partial charge in [-0.15, -0.1) is 0 Å². The zero-order chi connectivity index (χ0) is 25.4. The van der Waals surface area contributed by atoms with Crippen LogP contribution in [0.5, 0.6) is 5.75 Å². The monoisotopic (exact) mass is 505 g/mol. The standard InChI is InChI=1S/C29H23N5O2S/c1-19-23(22-14-8-9-15-25(22)33(19)17-20-10-4-2-5-11-20)16-24-27(30)34-29(31-28(24)35)37-26(32-34)18-36-21-12-6-3-7-13-21/h2-16,30H,17-18H2,1H3/b24-16-,30-27?. The van der Waals surface area contributed by atoms with Crippen LogP contribution in [0.1, 0.15) is 16.8 Å². The lowest BCUT2D eigenvalue weighted by molar-refractivity contribution is -0.114. The summed E-state index contributed by atoms with van der Waals surface area (Å²) < 4.78 is 8.03. The molecule has 182 valence electrons. The largest absolute Gasteiger partial charge is 0.487 e. The van der Waals surface area contributed by atoms with Crippen LogP contribution in [-0.2, 0) is 11.3 Å². The van der Waals surface area contributed by atoms with Crippen LogP contribution in [-0.4, -0.2) is 38.1 Å². The number of amides is 1. The van der Waals surface area contributed by atoms with Crippen LogP contribution < -0.4 is 4.74 Å². The number of benzene rings is 3. The number of thioether (sulfide) groups is 1. The van der Waals surface area contributed by atoms with E-state index in [0.717, 1.165) is 27.9 Å². The predicted octanol–water partition coefficient (Wildman–Crippen LogP) is 5.70. The number of aliphatic imine (C=N–C) groups is 1. The lowest BCUT2D eigenvalue weighted by Crippen LogP contribution is -2.35. The number of nitrogens with one attached hydrogen (secondary N) is 1. The van der Waals surface area contributed by atoms with Gasteiger partial charge in [-0.25, -0.2) is 0 Å². The summed E-state index contributed by atoms with van der Waals surface area (Å²) in [5.41, 5.74) is 4.40. The van der Waals surface area contributed by atoms with Crippen molar-refractivity contribution in [1.82, 2.24) is 9.58 Å². The number of para-hydroxylation sites is 2. The molecule has 1 aromatic heterocycles. The zero-order valence-electron chi connectivity index (χ0n) is 20.1. The highest BCUT2D eigenvalue weighted by Gasteiger charge is 2.36. The van der Waals surface area contributed by atoms with E-state index in [1.807, 2.05) is 73.7 Å². The molecule has 0 spiro atoms. The van der Waals surface area contributed by atoms with Gasteiger partial charge in [0.1, 0.15) is 17.4 Å². The van der Waals surface area contributed by atoms with Gasteiger partial charge < -0.3 is 9.30 Å². The Hall–Kier alpha value is -4.43. The fourth-order valence-electron chi connectivity index (χ4n) is 4.51. The third-order valence-electron chi connectivity index (χ3n) is 6.35. The lowest BCUT2D eigenvalue weighted by Gasteiger charge is -2.20. The summed E-state index contributed by atoms with van der Waals surface area (Å²) in [5, 5.41) is 16.8. The molecule has 3 aromatic carbocycles. The maximum absolute atomic E-state index is 13.1. The van der Waals surface area contributed by atoms with Crippen LogP contribution >= 0.6 is 11.8 Å². The highest BCUT2D eigenvalue weighted by atomic mass is 32.2. The third-order valence-corrected chi connectivity index (χ3v) is 7.24. The minimum atomic E-state index is -0.441.